The van der Waals surface area contributed by atoms with E-state index >= 15 is 0 Å². The summed E-state index contributed by atoms with van der Waals surface area (Å²) in [7, 11) is 0. The second-order valence-corrected chi connectivity index (χ2v) is 2.80. The lowest BCUT2D eigenvalue weighted by molar-refractivity contribution is 0.286. The van der Waals surface area contributed by atoms with E-state index in [2.05, 4.69) is 31.3 Å². The topological polar surface area (TPSA) is 12.0 Å². The molecule has 0 aromatic heterocycles. The van der Waals surface area contributed by atoms with Crippen LogP contribution >= 0.6 is 0 Å². The molecular formula is C8H15N. The van der Waals surface area contributed by atoms with Gasteiger partial charge in [-0.15, -0.1) is 0 Å². The maximum Gasteiger partial charge on any atom is -0.000270 e. The fourth-order valence-electron chi connectivity index (χ4n) is 1.14. The molecule has 0 aliphatic carbocycles. The Morgan fingerprint density at radius 1 is 1.56 bits per heavy atom. The number of allylic oxidation sites excluding steroid dienone is 2. The Morgan fingerprint density at radius 3 is 2.56 bits per heavy atom. The van der Waals surface area contributed by atoms with Gasteiger partial charge in [0.1, 0.15) is 0 Å². The summed E-state index contributed by atoms with van der Waals surface area (Å²) < 4.78 is 0. The van der Waals surface area contributed by atoms with Crippen molar-refractivity contribution in [3.63, 3.8) is 0 Å². The lowest BCUT2D eigenvalue weighted by Crippen LogP contribution is -2.44. The van der Waals surface area contributed by atoms with Gasteiger partial charge < -0.3 is 5.32 Å². The maximum atomic E-state index is 3.27. The average Bonchev–Trinajstić information content (AvgIpc) is 1.60. The highest BCUT2D eigenvalue weighted by atomic mass is 14.9. The molecule has 0 bridgehead atoms. The van der Waals surface area contributed by atoms with Gasteiger partial charge in [0.25, 0.3) is 0 Å². The number of hydrogen-bond acceptors (Lipinski definition) is 1. The molecule has 1 heteroatoms. The fraction of sp³-hybridized carbons (Fsp3) is 0.750. The number of rotatable bonds is 2. The van der Waals surface area contributed by atoms with Crippen LogP contribution in [0.25, 0.3) is 0 Å². The summed E-state index contributed by atoms with van der Waals surface area (Å²) in [5.41, 5.74) is 0. The first kappa shape index (κ1) is 6.81. The minimum atomic E-state index is 0.774. The lowest BCUT2D eigenvalue weighted by atomic mass is 9.89. The first-order chi connectivity index (χ1) is 4.34. The zero-order chi connectivity index (χ0) is 6.69. The highest BCUT2D eigenvalue weighted by Crippen LogP contribution is 2.16. The third kappa shape index (κ3) is 1.55. The predicted molar refractivity (Wildman–Crippen MR) is 40.3 cm³/mol. The Hall–Kier alpha value is -0.300. The standard InChI is InChI=1S/C8H15N/c1-3-4-7(2)8-5-9-6-8/h3-4,7-9H,5-6H2,1-2H3/b4-3+/t7-/m0/s1. The van der Waals surface area contributed by atoms with Crippen molar-refractivity contribution in [2.75, 3.05) is 13.1 Å². The molecule has 0 aromatic rings. The Labute approximate surface area is 57.1 Å². The molecule has 1 N–H and O–H groups in total. The molecule has 0 spiro atoms. The van der Waals surface area contributed by atoms with Crippen molar-refractivity contribution >= 4 is 0 Å². The van der Waals surface area contributed by atoms with Crippen LogP contribution in [0.3, 0.4) is 0 Å². The van der Waals surface area contributed by atoms with Crippen molar-refractivity contribution in [1.82, 2.24) is 5.32 Å². The third-order valence-corrected chi connectivity index (χ3v) is 2.05. The summed E-state index contributed by atoms with van der Waals surface area (Å²) in [4.78, 5) is 0. The first-order valence-corrected chi connectivity index (χ1v) is 3.68. The van der Waals surface area contributed by atoms with Crippen LogP contribution in [-0.4, -0.2) is 13.1 Å². The van der Waals surface area contributed by atoms with E-state index in [0.717, 1.165) is 11.8 Å². The van der Waals surface area contributed by atoms with Gasteiger partial charge in [-0.1, -0.05) is 19.1 Å². The quantitative estimate of drug-likeness (QED) is 0.550. The van der Waals surface area contributed by atoms with Crippen LogP contribution in [-0.2, 0) is 0 Å². The molecule has 1 heterocycles. The minimum Gasteiger partial charge on any atom is -0.316 e. The Bertz CT molecular complexity index is 103. The molecule has 1 aliphatic heterocycles. The molecule has 0 radical (unpaired) electrons. The van der Waals surface area contributed by atoms with Gasteiger partial charge in [-0.3, -0.25) is 0 Å². The van der Waals surface area contributed by atoms with Gasteiger partial charge in [0.15, 0.2) is 0 Å². The smallest absolute Gasteiger partial charge is 0.000270 e. The maximum absolute atomic E-state index is 3.27. The Balaban J connectivity index is 2.23. The van der Waals surface area contributed by atoms with E-state index in [9.17, 15) is 0 Å². The fourth-order valence-corrected chi connectivity index (χ4v) is 1.14. The largest absolute Gasteiger partial charge is 0.316 e. The van der Waals surface area contributed by atoms with Crippen molar-refractivity contribution < 1.29 is 0 Å². The Kier molecular flexibility index (Phi) is 2.29. The van der Waals surface area contributed by atoms with Crippen molar-refractivity contribution in [1.29, 1.82) is 0 Å². The zero-order valence-corrected chi connectivity index (χ0v) is 6.22. The molecular weight excluding hydrogens is 110 g/mol. The van der Waals surface area contributed by atoms with Gasteiger partial charge >= 0.3 is 0 Å². The molecule has 1 saturated heterocycles. The summed E-state index contributed by atoms with van der Waals surface area (Å²) >= 11 is 0. The van der Waals surface area contributed by atoms with E-state index in [1.165, 1.54) is 13.1 Å². The molecule has 52 valence electrons. The zero-order valence-electron chi connectivity index (χ0n) is 6.22. The summed E-state index contributed by atoms with van der Waals surface area (Å²) in [5, 5.41) is 3.27. The second kappa shape index (κ2) is 3.02. The molecule has 1 nitrogen and oxygen atoms in total. The summed E-state index contributed by atoms with van der Waals surface area (Å²) in [6.07, 6.45) is 4.43. The molecule has 9 heavy (non-hydrogen) atoms. The minimum absolute atomic E-state index is 0.774. The SMILES string of the molecule is C/C=C/[C@H](C)C1CNC1. The first-order valence-electron chi connectivity index (χ1n) is 3.68. The molecule has 1 fully saturated rings. The number of nitrogens with one attached hydrogen (secondary N) is 1. The van der Waals surface area contributed by atoms with E-state index in [-0.39, 0.29) is 0 Å². The molecule has 0 amide bonds. The summed E-state index contributed by atoms with van der Waals surface area (Å²) in [6.45, 7) is 6.80. The molecule has 0 unspecified atom stereocenters. The van der Waals surface area contributed by atoms with E-state index < -0.39 is 0 Å². The average molecular weight is 125 g/mol. The highest BCUT2D eigenvalue weighted by Gasteiger charge is 2.20. The normalized spacial score (nSPS) is 24.2. The molecule has 0 saturated carbocycles. The van der Waals surface area contributed by atoms with Crippen LogP contribution in [0, 0.1) is 11.8 Å². The van der Waals surface area contributed by atoms with Crippen molar-refractivity contribution in [3.8, 4) is 0 Å². The van der Waals surface area contributed by atoms with Crippen LogP contribution < -0.4 is 5.32 Å². The molecule has 1 rings (SSSR count). The second-order valence-electron chi connectivity index (χ2n) is 2.80. The Morgan fingerprint density at radius 2 is 2.22 bits per heavy atom. The van der Waals surface area contributed by atoms with Crippen LogP contribution in [0.5, 0.6) is 0 Å². The van der Waals surface area contributed by atoms with Crippen molar-refractivity contribution in [3.05, 3.63) is 12.2 Å². The number of hydrogen-bond donors (Lipinski definition) is 1. The van der Waals surface area contributed by atoms with Gasteiger partial charge in [0.2, 0.25) is 0 Å². The van der Waals surface area contributed by atoms with Gasteiger partial charge in [-0.05, 0) is 31.8 Å². The van der Waals surface area contributed by atoms with Gasteiger partial charge in [0, 0.05) is 0 Å². The highest BCUT2D eigenvalue weighted by molar-refractivity contribution is 4.91. The molecule has 1 aliphatic rings. The monoisotopic (exact) mass is 125 g/mol. The van der Waals surface area contributed by atoms with Gasteiger partial charge in [0.05, 0.1) is 0 Å². The summed E-state index contributed by atoms with van der Waals surface area (Å²) in [5.74, 6) is 1.68. The van der Waals surface area contributed by atoms with Crippen LogP contribution in [0.4, 0.5) is 0 Å². The van der Waals surface area contributed by atoms with E-state index in [0.29, 0.717) is 0 Å². The van der Waals surface area contributed by atoms with E-state index in [4.69, 9.17) is 0 Å². The molecule has 1 atom stereocenters. The lowest BCUT2D eigenvalue weighted by Gasteiger charge is -2.30. The predicted octanol–water partition coefficient (Wildman–Crippen LogP) is 1.42. The van der Waals surface area contributed by atoms with Gasteiger partial charge in [-0.2, -0.15) is 0 Å². The van der Waals surface area contributed by atoms with Crippen LogP contribution in [0.1, 0.15) is 13.8 Å². The summed E-state index contributed by atoms with van der Waals surface area (Å²) in [6, 6.07) is 0. The van der Waals surface area contributed by atoms with E-state index in [1.54, 1.807) is 0 Å². The van der Waals surface area contributed by atoms with Gasteiger partial charge in [-0.25, -0.2) is 0 Å². The van der Waals surface area contributed by atoms with Crippen LogP contribution in [0.15, 0.2) is 12.2 Å². The van der Waals surface area contributed by atoms with Crippen LogP contribution in [0.2, 0.25) is 0 Å². The molecule has 0 aromatic carbocycles. The van der Waals surface area contributed by atoms with Crippen molar-refractivity contribution in [2.45, 2.75) is 13.8 Å². The van der Waals surface area contributed by atoms with Crippen molar-refractivity contribution in [2.24, 2.45) is 11.8 Å². The third-order valence-electron chi connectivity index (χ3n) is 2.05. The van der Waals surface area contributed by atoms with E-state index in [1.807, 2.05) is 0 Å².